The van der Waals surface area contributed by atoms with Crippen LogP contribution in [-0.2, 0) is 16.0 Å². The Morgan fingerprint density at radius 1 is 1.20 bits per heavy atom. The van der Waals surface area contributed by atoms with Crippen molar-refractivity contribution < 1.29 is 14.3 Å². The van der Waals surface area contributed by atoms with Crippen LogP contribution in [0.2, 0.25) is 0 Å². The lowest BCUT2D eigenvalue weighted by molar-refractivity contribution is -0.0793. The molecule has 2 aliphatic heterocycles. The molecule has 1 aromatic carbocycles. The van der Waals surface area contributed by atoms with Crippen LogP contribution in [0.15, 0.2) is 42.6 Å². The molecule has 5 nitrogen and oxygen atoms in total. The topological polar surface area (TPSA) is 43.7 Å². The van der Waals surface area contributed by atoms with E-state index in [1.165, 1.54) is 7.11 Å². The Kier molecular flexibility index (Phi) is 4.21. The number of nitrogens with zero attached hydrogens (tertiary/aromatic N) is 2. The van der Waals surface area contributed by atoms with Gasteiger partial charge < -0.3 is 14.0 Å². The summed E-state index contributed by atoms with van der Waals surface area (Å²) in [4.78, 5) is 13.8. The van der Waals surface area contributed by atoms with E-state index in [1.807, 2.05) is 30.3 Å². The van der Waals surface area contributed by atoms with E-state index in [2.05, 4.69) is 28.7 Å². The molecule has 3 heterocycles. The highest BCUT2D eigenvalue weighted by molar-refractivity contribution is 5.68. The van der Waals surface area contributed by atoms with Crippen molar-refractivity contribution in [1.82, 2.24) is 9.47 Å². The van der Waals surface area contributed by atoms with Crippen LogP contribution in [0.25, 0.3) is 0 Å². The van der Waals surface area contributed by atoms with E-state index >= 15 is 0 Å². The van der Waals surface area contributed by atoms with Gasteiger partial charge in [-0.1, -0.05) is 30.0 Å². The molecule has 0 bridgehead atoms. The molecular formula is C20H20N2O3. The Hall–Kier alpha value is -2.71. The van der Waals surface area contributed by atoms with Gasteiger partial charge in [0.1, 0.15) is 6.10 Å². The van der Waals surface area contributed by atoms with E-state index in [9.17, 15) is 4.79 Å². The van der Waals surface area contributed by atoms with E-state index in [0.717, 1.165) is 29.8 Å². The Balaban J connectivity index is 1.60. The monoisotopic (exact) mass is 336 g/mol. The van der Waals surface area contributed by atoms with Crippen LogP contribution < -0.4 is 0 Å². The van der Waals surface area contributed by atoms with Gasteiger partial charge in [-0.25, -0.2) is 4.79 Å². The first kappa shape index (κ1) is 15.8. The van der Waals surface area contributed by atoms with Crippen molar-refractivity contribution in [2.75, 3.05) is 20.3 Å². The molecule has 128 valence electrons. The van der Waals surface area contributed by atoms with Gasteiger partial charge >= 0.3 is 6.09 Å². The molecule has 0 spiro atoms. The van der Waals surface area contributed by atoms with Crippen LogP contribution >= 0.6 is 0 Å². The first-order valence-corrected chi connectivity index (χ1v) is 8.49. The summed E-state index contributed by atoms with van der Waals surface area (Å²) in [6.07, 6.45) is 2.53. The minimum atomic E-state index is -0.276. The van der Waals surface area contributed by atoms with Crippen molar-refractivity contribution in [3.63, 3.8) is 0 Å². The lowest BCUT2D eigenvalue weighted by atomic mass is 9.97. The summed E-state index contributed by atoms with van der Waals surface area (Å²) in [7, 11) is 1.43. The maximum Gasteiger partial charge on any atom is 0.409 e. The molecule has 1 fully saturated rings. The third-order valence-corrected chi connectivity index (χ3v) is 4.80. The Morgan fingerprint density at radius 2 is 2.00 bits per heavy atom. The zero-order valence-corrected chi connectivity index (χ0v) is 14.1. The van der Waals surface area contributed by atoms with E-state index in [-0.39, 0.29) is 18.2 Å². The summed E-state index contributed by atoms with van der Waals surface area (Å²) in [5, 5.41) is 0. The van der Waals surface area contributed by atoms with Gasteiger partial charge in [0.15, 0.2) is 0 Å². The average Bonchev–Trinajstić information content (AvgIpc) is 3.09. The van der Waals surface area contributed by atoms with E-state index < -0.39 is 0 Å². The molecule has 0 saturated carbocycles. The number of aryl methyl sites for hydroxylation is 1. The number of hydrogen-bond acceptors (Lipinski definition) is 3. The maximum atomic E-state index is 12.0. The molecule has 0 N–H and O–H groups in total. The summed E-state index contributed by atoms with van der Waals surface area (Å²) < 4.78 is 13.1. The van der Waals surface area contributed by atoms with Gasteiger partial charge in [-0.15, -0.1) is 0 Å². The molecule has 2 atom stereocenters. The Bertz CT molecular complexity index is 832. The minimum absolute atomic E-state index is 0.0264. The molecule has 25 heavy (non-hydrogen) atoms. The highest BCUT2D eigenvalue weighted by Crippen LogP contribution is 2.36. The SMILES string of the molecule is COC(=O)N1CCO[C@@H]2c3cc(C#Cc4ccccc4)cn3CC[C@@H]21. The number of morpholine rings is 1. The second-order valence-electron chi connectivity index (χ2n) is 6.27. The van der Waals surface area contributed by atoms with Crippen LogP contribution in [0.5, 0.6) is 0 Å². The first-order valence-electron chi connectivity index (χ1n) is 8.49. The summed E-state index contributed by atoms with van der Waals surface area (Å²) in [6, 6.07) is 12.0. The number of carbonyl (C=O) groups is 1. The minimum Gasteiger partial charge on any atom is -0.453 e. The molecule has 2 aromatic rings. The first-order chi connectivity index (χ1) is 12.3. The number of methoxy groups -OCH3 is 1. The van der Waals surface area contributed by atoms with Crippen molar-refractivity contribution in [3.8, 4) is 11.8 Å². The van der Waals surface area contributed by atoms with Gasteiger partial charge in [0.25, 0.3) is 0 Å². The smallest absolute Gasteiger partial charge is 0.409 e. The summed E-state index contributed by atoms with van der Waals surface area (Å²) >= 11 is 0. The number of fused-ring (bicyclic) bond motifs is 3. The highest BCUT2D eigenvalue weighted by Gasteiger charge is 2.40. The van der Waals surface area contributed by atoms with E-state index in [1.54, 1.807) is 4.90 Å². The highest BCUT2D eigenvalue weighted by atomic mass is 16.5. The molecule has 1 amide bonds. The average molecular weight is 336 g/mol. The fourth-order valence-corrected chi connectivity index (χ4v) is 3.62. The lowest BCUT2D eigenvalue weighted by Gasteiger charge is -2.43. The predicted octanol–water partition coefficient (Wildman–Crippen LogP) is 2.80. The molecule has 1 saturated heterocycles. The second kappa shape index (κ2) is 6.66. The third-order valence-electron chi connectivity index (χ3n) is 4.80. The fourth-order valence-electron chi connectivity index (χ4n) is 3.62. The van der Waals surface area contributed by atoms with Crippen LogP contribution in [-0.4, -0.2) is 41.9 Å². The van der Waals surface area contributed by atoms with Gasteiger partial charge in [0.05, 0.1) is 25.5 Å². The maximum absolute atomic E-state index is 12.0. The quantitative estimate of drug-likeness (QED) is 0.695. The molecule has 0 unspecified atom stereocenters. The Labute approximate surface area is 147 Å². The number of ether oxygens (including phenoxy) is 2. The van der Waals surface area contributed by atoms with E-state index in [0.29, 0.717) is 13.2 Å². The molecule has 0 radical (unpaired) electrons. The molecule has 1 aromatic heterocycles. The number of aromatic nitrogens is 1. The number of hydrogen-bond donors (Lipinski definition) is 0. The standard InChI is InChI=1S/C20H20N2O3/c1-24-20(23)22-11-12-25-19-17(22)9-10-21-14-16(13-18(19)21)8-7-15-5-3-2-4-6-15/h2-6,13-14,17,19H,9-12H2,1H3/t17-,19-/m0/s1. The van der Waals surface area contributed by atoms with Crippen LogP contribution in [0.1, 0.15) is 29.3 Å². The normalized spacial score (nSPS) is 21.6. The van der Waals surface area contributed by atoms with Crippen LogP contribution in [0, 0.1) is 11.8 Å². The fraction of sp³-hybridized carbons (Fsp3) is 0.350. The van der Waals surface area contributed by atoms with Crippen molar-refractivity contribution >= 4 is 6.09 Å². The largest absolute Gasteiger partial charge is 0.453 e. The summed E-state index contributed by atoms with van der Waals surface area (Å²) in [5.41, 5.74) is 3.05. The van der Waals surface area contributed by atoms with Crippen molar-refractivity contribution in [1.29, 1.82) is 0 Å². The van der Waals surface area contributed by atoms with Crippen molar-refractivity contribution in [3.05, 3.63) is 59.4 Å². The molecule has 0 aliphatic carbocycles. The van der Waals surface area contributed by atoms with Crippen molar-refractivity contribution in [2.24, 2.45) is 0 Å². The molecule has 4 rings (SSSR count). The number of carbonyl (C=O) groups excluding carboxylic acids is 1. The summed E-state index contributed by atoms with van der Waals surface area (Å²) in [6.45, 7) is 1.95. The van der Waals surface area contributed by atoms with Gasteiger partial charge in [-0.05, 0) is 24.6 Å². The number of rotatable bonds is 0. The Morgan fingerprint density at radius 3 is 2.80 bits per heavy atom. The van der Waals surface area contributed by atoms with Gasteiger partial charge in [-0.3, -0.25) is 4.90 Å². The van der Waals surface area contributed by atoms with Crippen LogP contribution in [0.3, 0.4) is 0 Å². The predicted molar refractivity (Wildman–Crippen MR) is 93.1 cm³/mol. The molecular weight excluding hydrogens is 316 g/mol. The molecule has 2 aliphatic rings. The molecule has 5 heteroatoms. The zero-order chi connectivity index (χ0) is 17.2. The van der Waals surface area contributed by atoms with E-state index in [4.69, 9.17) is 9.47 Å². The second-order valence-corrected chi connectivity index (χ2v) is 6.27. The van der Waals surface area contributed by atoms with Gasteiger partial charge in [-0.2, -0.15) is 0 Å². The third kappa shape index (κ3) is 3.01. The van der Waals surface area contributed by atoms with Crippen LogP contribution in [0.4, 0.5) is 4.79 Å². The summed E-state index contributed by atoms with van der Waals surface area (Å²) in [5.74, 6) is 6.42. The zero-order valence-electron chi connectivity index (χ0n) is 14.1. The number of benzene rings is 1. The number of amides is 1. The van der Waals surface area contributed by atoms with Crippen molar-refractivity contribution in [2.45, 2.75) is 25.1 Å². The lowest BCUT2D eigenvalue weighted by Crippen LogP contribution is -2.52. The van der Waals surface area contributed by atoms with Gasteiger partial charge in [0.2, 0.25) is 0 Å². The van der Waals surface area contributed by atoms with Gasteiger partial charge in [0, 0.05) is 30.4 Å².